The van der Waals surface area contributed by atoms with Crippen LogP contribution >= 0.6 is 11.8 Å². The van der Waals surface area contributed by atoms with Gasteiger partial charge in [-0.15, -0.1) is 5.10 Å². The first kappa shape index (κ1) is 23.1. The molecule has 2 aliphatic rings. The first-order valence-corrected chi connectivity index (χ1v) is 11.5. The van der Waals surface area contributed by atoms with Crippen molar-refractivity contribution in [3.63, 3.8) is 0 Å². The largest absolute Gasteiger partial charge is 0.481 e. The molecule has 1 aromatic carbocycles. The van der Waals surface area contributed by atoms with Crippen LogP contribution in [0.2, 0.25) is 0 Å². The van der Waals surface area contributed by atoms with Gasteiger partial charge < -0.3 is 19.9 Å². The average molecular weight is 475 g/mol. The number of alkyl carbamates (subject to hydrolysis) is 1. The Kier molecular flexibility index (Phi) is 6.08. The van der Waals surface area contributed by atoms with Gasteiger partial charge in [0.15, 0.2) is 0 Å². The Bertz CT molecular complexity index is 1030. The maximum Gasteiger partial charge on any atom is 0.408 e. The van der Waals surface area contributed by atoms with Crippen molar-refractivity contribution in [3.05, 3.63) is 42.1 Å². The molecule has 10 nitrogen and oxygen atoms in total. The number of amides is 1. The van der Waals surface area contributed by atoms with Crippen LogP contribution in [0.25, 0.3) is 0 Å². The maximum absolute atomic E-state index is 13.5. The molecule has 5 atom stereocenters. The second-order valence-electron chi connectivity index (χ2n) is 9.30. The Hall–Kier alpha value is -3.08. The lowest BCUT2D eigenvalue weighted by atomic mass is 9.90. The SMILES string of the molecule is CC(C)(C)OC(=O)N[C@@]1(C(=O)OCc2ccccc2)C[C@@H](Sc2cn[nH]n2)[C@H]2[C@H](C(=O)O)[C@H]21. The minimum absolute atomic E-state index is 0.00758. The molecule has 0 spiro atoms. The van der Waals surface area contributed by atoms with E-state index in [9.17, 15) is 19.5 Å². The number of nitrogens with one attached hydrogen (secondary N) is 2. The van der Waals surface area contributed by atoms with Crippen molar-refractivity contribution < 1.29 is 29.0 Å². The van der Waals surface area contributed by atoms with E-state index in [1.54, 1.807) is 20.8 Å². The van der Waals surface area contributed by atoms with Crippen LogP contribution < -0.4 is 5.32 Å². The predicted octanol–water partition coefficient (Wildman–Crippen LogP) is 2.62. The van der Waals surface area contributed by atoms with Gasteiger partial charge in [0.1, 0.15) is 22.8 Å². The number of carboxylic acids is 1. The van der Waals surface area contributed by atoms with Gasteiger partial charge >= 0.3 is 18.0 Å². The van der Waals surface area contributed by atoms with E-state index in [4.69, 9.17) is 9.47 Å². The molecule has 0 saturated heterocycles. The van der Waals surface area contributed by atoms with Gasteiger partial charge in [0, 0.05) is 11.2 Å². The molecule has 2 aromatic rings. The number of aliphatic carboxylic acids is 1. The summed E-state index contributed by atoms with van der Waals surface area (Å²) in [6.07, 6.45) is 0.935. The standard InChI is InChI=1S/C22H26N4O6S/c1-21(2,3)32-20(30)24-22(19(29)31-11-12-7-5-4-6-8-12)9-13(33-14-10-23-26-25-14)15-16(17(15)22)18(27)28/h4-8,10,13,15-17H,9,11H2,1-3H3,(H,24,30)(H,27,28)(H,23,25,26)/t13-,15+,16+,17+,22+/m1/s1. The molecule has 0 bridgehead atoms. The molecular formula is C22H26N4O6S. The molecule has 11 heteroatoms. The lowest BCUT2D eigenvalue weighted by Crippen LogP contribution is -2.58. The van der Waals surface area contributed by atoms with Crippen LogP contribution in [0.1, 0.15) is 32.8 Å². The quantitative estimate of drug-likeness (QED) is 0.516. The highest BCUT2D eigenvalue weighted by molar-refractivity contribution is 7.99. The van der Waals surface area contributed by atoms with E-state index in [1.165, 1.54) is 18.0 Å². The zero-order valence-electron chi connectivity index (χ0n) is 18.5. The van der Waals surface area contributed by atoms with Crippen molar-refractivity contribution in [2.24, 2.45) is 17.8 Å². The highest BCUT2D eigenvalue weighted by atomic mass is 32.2. The van der Waals surface area contributed by atoms with Gasteiger partial charge in [-0.25, -0.2) is 9.59 Å². The third-order valence-corrected chi connectivity index (χ3v) is 7.07. The molecule has 0 radical (unpaired) electrons. The summed E-state index contributed by atoms with van der Waals surface area (Å²) in [5.41, 5.74) is -1.53. The normalized spacial score (nSPS) is 28.0. The zero-order valence-corrected chi connectivity index (χ0v) is 19.3. The van der Waals surface area contributed by atoms with Crippen LogP contribution in [-0.2, 0) is 25.7 Å². The molecule has 2 saturated carbocycles. The van der Waals surface area contributed by atoms with Crippen molar-refractivity contribution in [2.45, 2.75) is 55.2 Å². The number of fused-ring (bicyclic) bond motifs is 1. The van der Waals surface area contributed by atoms with Crippen LogP contribution in [0.4, 0.5) is 4.79 Å². The predicted molar refractivity (Wildman–Crippen MR) is 117 cm³/mol. The minimum Gasteiger partial charge on any atom is -0.481 e. The number of carboxylic acid groups (broad SMARTS) is 1. The third-order valence-electron chi connectivity index (χ3n) is 5.85. The number of ether oxygens (including phenoxy) is 2. The number of thioether (sulfide) groups is 1. The Morgan fingerprint density at radius 2 is 2.00 bits per heavy atom. The van der Waals surface area contributed by atoms with E-state index in [0.717, 1.165) is 5.56 Å². The smallest absolute Gasteiger partial charge is 0.408 e. The fraction of sp³-hybridized carbons (Fsp3) is 0.500. The molecule has 1 amide bonds. The van der Waals surface area contributed by atoms with E-state index in [2.05, 4.69) is 20.7 Å². The lowest BCUT2D eigenvalue weighted by Gasteiger charge is -2.33. The second kappa shape index (κ2) is 8.69. The lowest BCUT2D eigenvalue weighted by molar-refractivity contribution is -0.154. The summed E-state index contributed by atoms with van der Waals surface area (Å²) in [5.74, 6) is -3.41. The van der Waals surface area contributed by atoms with E-state index >= 15 is 0 Å². The fourth-order valence-electron chi connectivity index (χ4n) is 4.61. The van der Waals surface area contributed by atoms with Gasteiger partial charge in [-0.3, -0.25) is 4.79 Å². The Labute approximate surface area is 194 Å². The van der Waals surface area contributed by atoms with E-state index < -0.39 is 41.0 Å². The Morgan fingerprint density at radius 1 is 1.27 bits per heavy atom. The summed E-state index contributed by atoms with van der Waals surface area (Å²) >= 11 is 1.34. The number of esters is 1. The number of hydrogen-bond donors (Lipinski definition) is 3. The van der Waals surface area contributed by atoms with Crippen LogP contribution in [0.5, 0.6) is 0 Å². The van der Waals surface area contributed by atoms with Gasteiger partial charge in [-0.2, -0.15) is 10.3 Å². The highest BCUT2D eigenvalue weighted by Crippen LogP contribution is 2.66. The first-order chi connectivity index (χ1) is 15.6. The van der Waals surface area contributed by atoms with Crippen molar-refractivity contribution >= 4 is 29.8 Å². The molecule has 0 aliphatic heterocycles. The molecule has 2 aliphatic carbocycles. The summed E-state index contributed by atoms with van der Waals surface area (Å²) in [4.78, 5) is 38.2. The summed E-state index contributed by atoms with van der Waals surface area (Å²) < 4.78 is 11.0. The number of hydrogen-bond acceptors (Lipinski definition) is 8. The van der Waals surface area contributed by atoms with Gasteiger partial charge in [0.2, 0.25) is 0 Å². The van der Waals surface area contributed by atoms with Crippen molar-refractivity contribution in [1.29, 1.82) is 0 Å². The van der Waals surface area contributed by atoms with Crippen LogP contribution in [-0.4, -0.2) is 54.9 Å². The van der Waals surface area contributed by atoms with Crippen LogP contribution in [0.15, 0.2) is 41.6 Å². The monoisotopic (exact) mass is 474 g/mol. The van der Waals surface area contributed by atoms with Crippen LogP contribution in [0, 0.1) is 17.8 Å². The second-order valence-corrected chi connectivity index (χ2v) is 10.6. The minimum atomic E-state index is -1.52. The molecule has 3 N–H and O–H groups in total. The van der Waals surface area contributed by atoms with E-state index in [0.29, 0.717) is 5.03 Å². The molecule has 2 fully saturated rings. The summed E-state index contributed by atoms with van der Waals surface area (Å²) in [6, 6.07) is 9.15. The summed E-state index contributed by atoms with van der Waals surface area (Å²) in [6.45, 7) is 5.15. The van der Waals surface area contributed by atoms with Gasteiger partial charge in [-0.1, -0.05) is 42.1 Å². The van der Waals surface area contributed by atoms with Gasteiger partial charge in [0.25, 0.3) is 0 Å². The molecular weight excluding hydrogens is 448 g/mol. The van der Waals surface area contributed by atoms with Crippen molar-refractivity contribution in [3.8, 4) is 0 Å². The molecule has 1 heterocycles. The van der Waals surface area contributed by atoms with Crippen molar-refractivity contribution in [1.82, 2.24) is 20.7 Å². The van der Waals surface area contributed by atoms with E-state index in [-0.39, 0.29) is 24.2 Å². The summed E-state index contributed by atoms with van der Waals surface area (Å²) in [7, 11) is 0. The molecule has 176 valence electrons. The number of carbonyl (C=O) groups excluding carboxylic acids is 2. The Balaban J connectivity index is 1.61. The topological polar surface area (TPSA) is 144 Å². The molecule has 0 unspecified atom stereocenters. The van der Waals surface area contributed by atoms with E-state index in [1.807, 2.05) is 30.3 Å². The number of rotatable bonds is 7. The van der Waals surface area contributed by atoms with Crippen LogP contribution in [0.3, 0.4) is 0 Å². The van der Waals surface area contributed by atoms with Gasteiger partial charge in [0.05, 0.1) is 12.1 Å². The first-order valence-electron chi connectivity index (χ1n) is 10.6. The zero-order chi connectivity index (χ0) is 23.8. The highest BCUT2D eigenvalue weighted by Gasteiger charge is 2.76. The number of nitrogens with zero attached hydrogens (tertiary/aromatic N) is 2. The van der Waals surface area contributed by atoms with Gasteiger partial charge in [-0.05, 0) is 38.7 Å². The number of carbonyl (C=O) groups is 3. The fourth-order valence-corrected chi connectivity index (χ4v) is 5.96. The Morgan fingerprint density at radius 3 is 2.61 bits per heavy atom. The number of aromatic nitrogens is 3. The molecule has 4 rings (SSSR count). The average Bonchev–Trinajstić information content (AvgIpc) is 3.15. The molecule has 1 aromatic heterocycles. The number of aromatic amines is 1. The number of benzene rings is 1. The third kappa shape index (κ3) is 4.82. The summed E-state index contributed by atoms with van der Waals surface area (Å²) in [5, 5.41) is 23.2. The maximum atomic E-state index is 13.5. The number of H-pyrrole nitrogens is 1. The van der Waals surface area contributed by atoms with Crippen molar-refractivity contribution in [2.75, 3.05) is 0 Å². The molecule has 33 heavy (non-hydrogen) atoms.